The van der Waals surface area contributed by atoms with Gasteiger partial charge in [0, 0.05) is 13.5 Å². The number of cyclic esters (lactones) is 1. The van der Waals surface area contributed by atoms with Crippen molar-refractivity contribution in [1.29, 1.82) is 0 Å². The second-order valence-corrected chi connectivity index (χ2v) is 2.41. The zero-order valence-electron chi connectivity index (χ0n) is 6.61. The molecule has 1 aliphatic heterocycles. The number of ether oxygens (including phenoxy) is 2. The third-order valence-electron chi connectivity index (χ3n) is 1.57. The van der Waals surface area contributed by atoms with Crippen molar-refractivity contribution in [3.63, 3.8) is 0 Å². The lowest BCUT2D eigenvalue weighted by Gasteiger charge is -2.07. The minimum absolute atomic E-state index is 0.345. The highest BCUT2D eigenvalue weighted by Crippen LogP contribution is 2.20. The maximum atomic E-state index is 10.6. The van der Waals surface area contributed by atoms with Gasteiger partial charge in [-0.1, -0.05) is 0 Å². The molecule has 12 heavy (non-hydrogen) atoms. The van der Waals surface area contributed by atoms with Gasteiger partial charge in [0.25, 0.3) is 0 Å². The molecular formula is C7H10O5. The molecule has 0 aromatic carbocycles. The zero-order valence-corrected chi connectivity index (χ0v) is 6.61. The van der Waals surface area contributed by atoms with Gasteiger partial charge in [-0.05, 0) is 0 Å². The summed E-state index contributed by atoms with van der Waals surface area (Å²) in [5.74, 6) is -1.98. The van der Waals surface area contributed by atoms with Gasteiger partial charge < -0.3 is 19.7 Å². The van der Waals surface area contributed by atoms with Crippen LogP contribution in [0.1, 0.15) is 6.42 Å². The van der Waals surface area contributed by atoms with Crippen molar-refractivity contribution in [1.82, 2.24) is 0 Å². The van der Waals surface area contributed by atoms with Crippen molar-refractivity contribution < 1.29 is 24.5 Å². The molecule has 0 saturated heterocycles. The second kappa shape index (κ2) is 3.44. The van der Waals surface area contributed by atoms with E-state index >= 15 is 0 Å². The highest BCUT2D eigenvalue weighted by Gasteiger charge is 2.33. The predicted octanol–water partition coefficient (Wildman–Crippen LogP) is 0.276. The topological polar surface area (TPSA) is 76.0 Å². The van der Waals surface area contributed by atoms with Gasteiger partial charge in [0.05, 0.1) is 6.61 Å². The molecule has 1 aliphatic rings. The van der Waals surface area contributed by atoms with E-state index in [4.69, 9.17) is 14.9 Å². The Morgan fingerprint density at radius 3 is 2.67 bits per heavy atom. The molecule has 0 bridgehead atoms. The van der Waals surface area contributed by atoms with Crippen LogP contribution in [0.15, 0.2) is 11.5 Å². The van der Waals surface area contributed by atoms with Crippen LogP contribution >= 0.6 is 0 Å². The largest absolute Gasteiger partial charge is 0.505 e. The Hall–Kier alpha value is -1.23. The van der Waals surface area contributed by atoms with E-state index in [2.05, 4.69) is 4.74 Å². The quantitative estimate of drug-likeness (QED) is 0.601. The highest BCUT2D eigenvalue weighted by molar-refractivity contribution is 5.88. The maximum Gasteiger partial charge on any atom is 0.377 e. The van der Waals surface area contributed by atoms with Crippen molar-refractivity contribution in [2.75, 3.05) is 13.7 Å². The van der Waals surface area contributed by atoms with Crippen LogP contribution in [0.25, 0.3) is 0 Å². The number of carbonyl (C=O) groups excluding carboxylic acids is 1. The predicted molar refractivity (Wildman–Crippen MR) is 38.7 cm³/mol. The highest BCUT2D eigenvalue weighted by atomic mass is 16.6. The SMILES string of the molecule is COCCC1OC(=O)C(O)=C1O. The third kappa shape index (κ3) is 1.50. The molecule has 5 nitrogen and oxygen atoms in total. The van der Waals surface area contributed by atoms with Gasteiger partial charge >= 0.3 is 5.97 Å². The molecule has 0 saturated carbocycles. The molecule has 5 heteroatoms. The van der Waals surface area contributed by atoms with Crippen molar-refractivity contribution >= 4 is 5.97 Å². The number of esters is 1. The standard InChI is InChI=1S/C7H10O5/c1-11-3-2-4-5(8)6(9)7(10)12-4/h4,8-9H,2-3H2,1H3. The molecule has 0 amide bonds. The first kappa shape index (κ1) is 8.86. The van der Waals surface area contributed by atoms with Gasteiger partial charge in [-0.25, -0.2) is 4.79 Å². The summed E-state index contributed by atoms with van der Waals surface area (Å²) in [5.41, 5.74) is 0. The van der Waals surface area contributed by atoms with Crippen LogP contribution in [0, 0.1) is 0 Å². The molecule has 0 spiro atoms. The first-order valence-corrected chi connectivity index (χ1v) is 3.49. The smallest absolute Gasteiger partial charge is 0.377 e. The number of methoxy groups -OCH3 is 1. The van der Waals surface area contributed by atoms with Crippen molar-refractivity contribution in [2.45, 2.75) is 12.5 Å². The van der Waals surface area contributed by atoms with E-state index in [-0.39, 0.29) is 0 Å². The van der Waals surface area contributed by atoms with E-state index < -0.39 is 23.6 Å². The Kier molecular flexibility index (Phi) is 2.54. The summed E-state index contributed by atoms with van der Waals surface area (Å²) in [6, 6.07) is 0. The summed E-state index contributed by atoms with van der Waals surface area (Å²) in [5, 5.41) is 17.9. The molecule has 1 rings (SSSR count). The van der Waals surface area contributed by atoms with E-state index in [0.717, 1.165) is 0 Å². The number of aliphatic hydroxyl groups is 2. The van der Waals surface area contributed by atoms with Crippen LogP contribution < -0.4 is 0 Å². The van der Waals surface area contributed by atoms with E-state index in [1.54, 1.807) is 0 Å². The lowest BCUT2D eigenvalue weighted by Crippen LogP contribution is -2.13. The number of rotatable bonds is 3. The van der Waals surface area contributed by atoms with Crippen LogP contribution in [0.2, 0.25) is 0 Å². The molecule has 0 aromatic rings. The lowest BCUT2D eigenvalue weighted by molar-refractivity contribution is -0.142. The number of aliphatic hydroxyl groups excluding tert-OH is 2. The number of hydrogen-bond donors (Lipinski definition) is 2. The van der Waals surface area contributed by atoms with E-state index in [1.165, 1.54) is 7.11 Å². The number of hydrogen-bond acceptors (Lipinski definition) is 5. The van der Waals surface area contributed by atoms with Gasteiger partial charge in [0.1, 0.15) is 0 Å². The van der Waals surface area contributed by atoms with Gasteiger partial charge in [-0.15, -0.1) is 0 Å². The molecule has 0 aliphatic carbocycles. The van der Waals surface area contributed by atoms with Crippen LogP contribution in [-0.4, -0.2) is 36.0 Å². The Balaban J connectivity index is 2.55. The zero-order chi connectivity index (χ0) is 9.14. The summed E-state index contributed by atoms with van der Waals surface area (Å²) in [4.78, 5) is 10.6. The Morgan fingerprint density at radius 1 is 1.58 bits per heavy atom. The van der Waals surface area contributed by atoms with E-state index in [1.807, 2.05) is 0 Å². The molecule has 0 aromatic heterocycles. The average molecular weight is 174 g/mol. The number of carbonyl (C=O) groups is 1. The minimum atomic E-state index is -0.881. The van der Waals surface area contributed by atoms with Crippen LogP contribution in [0.4, 0.5) is 0 Å². The summed E-state index contributed by atoms with van der Waals surface area (Å²) in [7, 11) is 1.50. The van der Waals surface area contributed by atoms with Crippen molar-refractivity contribution in [3.05, 3.63) is 11.5 Å². The normalized spacial score (nSPS) is 23.1. The Labute approximate surface area is 69.2 Å². The first-order valence-electron chi connectivity index (χ1n) is 3.49. The second-order valence-electron chi connectivity index (χ2n) is 2.41. The molecular weight excluding hydrogens is 164 g/mol. The van der Waals surface area contributed by atoms with Gasteiger partial charge in [0.2, 0.25) is 5.76 Å². The van der Waals surface area contributed by atoms with Gasteiger partial charge in [-0.2, -0.15) is 0 Å². The Bertz CT molecular complexity index is 220. The molecule has 1 heterocycles. The van der Waals surface area contributed by atoms with Crippen molar-refractivity contribution in [3.8, 4) is 0 Å². The molecule has 2 N–H and O–H groups in total. The van der Waals surface area contributed by atoms with Crippen LogP contribution in [-0.2, 0) is 14.3 Å². The summed E-state index contributed by atoms with van der Waals surface area (Å²) < 4.78 is 9.31. The molecule has 68 valence electrons. The Morgan fingerprint density at radius 2 is 2.25 bits per heavy atom. The summed E-state index contributed by atoms with van der Waals surface area (Å²) in [6.45, 7) is 0.356. The van der Waals surface area contributed by atoms with E-state index in [9.17, 15) is 4.79 Å². The minimum Gasteiger partial charge on any atom is -0.505 e. The average Bonchev–Trinajstić information content (AvgIpc) is 2.30. The summed E-state index contributed by atoms with van der Waals surface area (Å²) >= 11 is 0. The first-order chi connectivity index (χ1) is 5.66. The maximum absolute atomic E-state index is 10.6. The van der Waals surface area contributed by atoms with Gasteiger partial charge in [-0.3, -0.25) is 0 Å². The molecule has 1 atom stereocenters. The fourth-order valence-electron chi connectivity index (χ4n) is 0.918. The monoisotopic (exact) mass is 174 g/mol. The lowest BCUT2D eigenvalue weighted by atomic mass is 10.2. The fraction of sp³-hybridized carbons (Fsp3) is 0.571. The third-order valence-corrected chi connectivity index (χ3v) is 1.57. The molecule has 1 unspecified atom stereocenters. The molecule has 0 radical (unpaired) electrons. The van der Waals surface area contributed by atoms with Gasteiger partial charge in [0.15, 0.2) is 11.9 Å². The van der Waals surface area contributed by atoms with E-state index in [0.29, 0.717) is 13.0 Å². The van der Waals surface area contributed by atoms with Crippen molar-refractivity contribution in [2.24, 2.45) is 0 Å². The van der Waals surface area contributed by atoms with Crippen LogP contribution in [0.3, 0.4) is 0 Å². The fourth-order valence-corrected chi connectivity index (χ4v) is 0.918. The molecule has 0 fully saturated rings. The summed E-state index contributed by atoms with van der Waals surface area (Å²) in [6.07, 6.45) is -0.407. The van der Waals surface area contributed by atoms with Crippen LogP contribution in [0.5, 0.6) is 0 Å².